The van der Waals surface area contributed by atoms with Gasteiger partial charge in [-0.1, -0.05) is 0 Å². The molecule has 1 aromatic rings. The maximum atomic E-state index is 6.08. The van der Waals surface area contributed by atoms with Crippen LogP contribution in [0.5, 0.6) is 5.88 Å². The van der Waals surface area contributed by atoms with Crippen LogP contribution in [0.25, 0.3) is 0 Å². The van der Waals surface area contributed by atoms with Crippen molar-refractivity contribution in [2.45, 2.75) is 44.9 Å². The zero-order valence-corrected chi connectivity index (χ0v) is 13.1. The lowest BCUT2D eigenvalue weighted by Gasteiger charge is -2.31. The summed E-state index contributed by atoms with van der Waals surface area (Å²) in [5.74, 6) is 1.27. The molecule has 1 unspecified atom stereocenters. The lowest BCUT2D eigenvalue weighted by atomic mass is 9.96. The van der Waals surface area contributed by atoms with Gasteiger partial charge in [0.1, 0.15) is 6.10 Å². The van der Waals surface area contributed by atoms with Crippen LogP contribution in [0.2, 0.25) is 0 Å². The molecular formula is C16H24N4O2. The second-order valence-electron chi connectivity index (χ2n) is 5.97. The Balaban J connectivity index is 1.57. The van der Waals surface area contributed by atoms with Gasteiger partial charge < -0.3 is 20.1 Å². The molecule has 2 aliphatic rings. The average Bonchev–Trinajstić information content (AvgIpc) is 2.49. The van der Waals surface area contributed by atoms with E-state index in [0.29, 0.717) is 31.1 Å². The highest BCUT2D eigenvalue weighted by Crippen LogP contribution is 2.24. The molecule has 6 heteroatoms. The van der Waals surface area contributed by atoms with E-state index in [4.69, 9.17) is 15.2 Å². The zero-order chi connectivity index (χ0) is 15.4. The zero-order valence-electron chi connectivity index (χ0n) is 13.1. The molecule has 1 saturated carbocycles. The van der Waals surface area contributed by atoms with Crippen molar-refractivity contribution >= 4 is 5.96 Å². The van der Waals surface area contributed by atoms with Gasteiger partial charge in [0.2, 0.25) is 5.88 Å². The molecule has 22 heavy (non-hydrogen) atoms. The fourth-order valence-electron chi connectivity index (χ4n) is 2.57. The summed E-state index contributed by atoms with van der Waals surface area (Å²) in [6, 6.07) is 3.91. The number of nitrogens with zero attached hydrogens (tertiary/aromatic N) is 3. The minimum absolute atomic E-state index is 0.200. The van der Waals surface area contributed by atoms with E-state index < -0.39 is 0 Å². The predicted octanol–water partition coefficient (Wildman–Crippen LogP) is 1.55. The summed E-state index contributed by atoms with van der Waals surface area (Å²) >= 11 is 0. The molecule has 2 heterocycles. The molecule has 1 atom stereocenters. The van der Waals surface area contributed by atoms with Gasteiger partial charge in [-0.15, -0.1) is 0 Å². The lowest BCUT2D eigenvalue weighted by molar-refractivity contribution is 0.00529. The molecule has 0 aromatic carbocycles. The molecule has 0 amide bonds. The Bertz CT molecular complexity index is 531. The third-order valence-electron chi connectivity index (χ3n) is 4.13. The Hall–Kier alpha value is -1.82. The summed E-state index contributed by atoms with van der Waals surface area (Å²) in [5.41, 5.74) is 7.14. The third-order valence-corrected chi connectivity index (χ3v) is 4.13. The topological polar surface area (TPSA) is 73.0 Å². The van der Waals surface area contributed by atoms with Gasteiger partial charge in [-0.05, 0) is 37.8 Å². The van der Waals surface area contributed by atoms with E-state index in [1.54, 1.807) is 6.20 Å². The molecule has 2 fully saturated rings. The SMILES string of the molecule is CC1CN(C(N)=NCc2ccnc(OC3CCC3)c2)CCO1. The highest BCUT2D eigenvalue weighted by atomic mass is 16.5. The van der Waals surface area contributed by atoms with Crippen LogP contribution in [-0.2, 0) is 11.3 Å². The lowest BCUT2D eigenvalue weighted by Crippen LogP contribution is -2.47. The van der Waals surface area contributed by atoms with E-state index in [0.717, 1.165) is 31.5 Å². The van der Waals surface area contributed by atoms with Crippen molar-refractivity contribution in [3.8, 4) is 5.88 Å². The number of morpholine rings is 1. The van der Waals surface area contributed by atoms with E-state index >= 15 is 0 Å². The number of nitrogens with two attached hydrogens (primary N) is 1. The van der Waals surface area contributed by atoms with E-state index in [1.165, 1.54) is 6.42 Å². The average molecular weight is 304 g/mol. The second kappa shape index (κ2) is 6.96. The van der Waals surface area contributed by atoms with E-state index in [1.807, 2.05) is 19.1 Å². The van der Waals surface area contributed by atoms with Crippen molar-refractivity contribution in [1.82, 2.24) is 9.88 Å². The summed E-state index contributed by atoms with van der Waals surface area (Å²) in [6.07, 6.45) is 5.82. The van der Waals surface area contributed by atoms with Gasteiger partial charge in [0.05, 0.1) is 19.3 Å². The van der Waals surface area contributed by atoms with Crippen LogP contribution in [0.4, 0.5) is 0 Å². The summed E-state index contributed by atoms with van der Waals surface area (Å²) in [7, 11) is 0. The second-order valence-corrected chi connectivity index (χ2v) is 5.97. The number of ether oxygens (including phenoxy) is 2. The smallest absolute Gasteiger partial charge is 0.213 e. The van der Waals surface area contributed by atoms with Crippen molar-refractivity contribution < 1.29 is 9.47 Å². The van der Waals surface area contributed by atoms with Gasteiger partial charge >= 0.3 is 0 Å². The van der Waals surface area contributed by atoms with Crippen LogP contribution in [0.1, 0.15) is 31.7 Å². The summed E-state index contributed by atoms with van der Waals surface area (Å²) in [5, 5.41) is 0. The van der Waals surface area contributed by atoms with Crippen molar-refractivity contribution in [1.29, 1.82) is 0 Å². The van der Waals surface area contributed by atoms with Gasteiger partial charge in [-0.2, -0.15) is 0 Å². The highest BCUT2D eigenvalue weighted by Gasteiger charge is 2.20. The highest BCUT2D eigenvalue weighted by molar-refractivity contribution is 5.78. The van der Waals surface area contributed by atoms with Crippen LogP contribution in [-0.4, -0.2) is 47.7 Å². The monoisotopic (exact) mass is 304 g/mol. The number of rotatable bonds is 4. The molecule has 120 valence electrons. The Kier molecular flexibility index (Phi) is 4.77. The van der Waals surface area contributed by atoms with Crippen molar-refractivity contribution in [3.05, 3.63) is 23.9 Å². The quantitative estimate of drug-likeness (QED) is 0.675. The maximum Gasteiger partial charge on any atom is 0.213 e. The van der Waals surface area contributed by atoms with Crippen molar-refractivity contribution in [3.63, 3.8) is 0 Å². The van der Waals surface area contributed by atoms with Gasteiger partial charge in [0, 0.05) is 25.4 Å². The maximum absolute atomic E-state index is 6.08. The predicted molar refractivity (Wildman–Crippen MR) is 84.8 cm³/mol. The van der Waals surface area contributed by atoms with Gasteiger partial charge in [0.15, 0.2) is 5.96 Å². The van der Waals surface area contributed by atoms with Crippen LogP contribution in [0, 0.1) is 0 Å². The van der Waals surface area contributed by atoms with E-state index in [-0.39, 0.29) is 6.10 Å². The standard InChI is InChI=1S/C16H24N4O2/c1-12-11-20(7-8-21-12)16(17)19-10-13-5-6-18-15(9-13)22-14-3-2-4-14/h5-6,9,12,14H,2-4,7-8,10-11H2,1H3,(H2,17,19). The summed E-state index contributed by atoms with van der Waals surface area (Å²) in [6.45, 7) is 4.88. The van der Waals surface area contributed by atoms with E-state index in [9.17, 15) is 0 Å². The molecule has 0 bridgehead atoms. The fraction of sp³-hybridized carbons (Fsp3) is 0.625. The van der Waals surface area contributed by atoms with Crippen molar-refractivity contribution in [2.24, 2.45) is 10.7 Å². The van der Waals surface area contributed by atoms with Gasteiger partial charge in [-0.25, -0.2) is 9.98 Å². The molecule has 2 N–H and O–H groups in total. The summed E-state index contributed by atoms with van der Waals surface area (Å²) < 4.78 is 11.3. The molecule has 1 aliphatic carbocycles. The first-order chi connectivity index (χ1) is 10.7. The van der Waals surface area contributed by atoms with Crippen LogP contribution >= 0.6 is 0 Å². The Morgan fingerprint density at radius 3 is 3.14 bits per heavy atom. The number of aliphatic imine (C=N–C) groups is 1. The Morgan fingerprint density at radius 1 is 1.55 bits per heavy atom. The minimum Gasteiger partial charge on any atom is -0.474 e. The normalized spacial score (nSPS) is 23.2. The number of aromatic nitrogens is 1. The Morgan fingerprint density at radius 2 is 2.41 bits per heavy atom. The molecule has 0 spiro atoms. The van der Waals surface area contributed by atoms with Crippen LogP contribution < -0.4 is 10.5 Å². The van der Waals surface area contributed by atoms with Crippen molar-refractivity contribution in [2.75, 3.05) is 19.7 Å². The van der Waals surface area contributed by atoms with Gasteiger partial charge in [0.25, 0.3) is 0 Å². The largest absolute Gasteiger partial charge is 0.474 e. The first kappa shape index (κ1) is 15.1. The minimum atomic E-state index is 0.200. The molecular weight excluding hydrogens is 280 g/mol. The molecule has 0 radical (unpaired) electrons. The number of pyridine rings is 1. The molecule has 1 aromatic heterocycles. The van der Waals surface area contributed by atoms with E-state index in [2.05, 4.69) is 14.9 Å². The molecule has 1 saturated heterocycles. The number of hydrogen-bond donors (Lipinski definition) is 1. The summed E-state index contributed by atoms with van der Waals surface area (Å²) in [4.78, 5) is 10.8. The fourth-order valence-corrected chi connectivity index (χ4v) is 2.57. The first-order valence-electron chi connectivity index (χ1n) is 7.99. The van der Waals surface area contributed by atoms with Gasteiger partial charge in [-0.3, -0.25) is 0 Å². The molecule has 6 nitrogen and oxygen atoms in total. The number of guanidine groups is 1. The third kappa shape index (κ3) is 3.88. The molecule has 1 aliphatic heterocycles. The Labute approximate surface area is 131 Å². The van der Waals surface area contributed by atoms with Crippen LogP contribution in [0.15, 0.2) is 23.3 Å². The first-order valence-corrected chi connectivity index (χ1v) is 7.99. The number of hydrogen-bond acceptors (Lipinski definition) is 4. The van der Waals surface area contributed by atoms with Crippen LogP contribution in [0.3, 0.4) is 0 Å². The molecule has 3 rings (SSSR count).